The molecule has 3 atom stereocenters. The molecule has 0 aromatic heterocycles. The van der Waals surface area contributed by atoms with Gasteiger partial charge in [0.25, 0.3) is 0 Å². The third-order valence-electron chi connectivity index (χ3n) is 4.07. The third kappa shape index (κ3) is 3.32. The Kier molecular flexibility index (Phi) is 4.55. The van der Waals surface area contributed by atoms with E-state index in [4.69, 9.17) is 5.73 Å². The molecule has 0 radical (unpaired) electrons. The van der Waals surface area contributed by atoms with Gasteiger partial charge in [0.15, 0.2) is 0 Å². The maximum Gasteiger partial charge on any atom is 0.123 e. The van der Waals surface area contributed by atoms with Crippen LogP contribution in [0.5, 0.6) is 0 Å². The van der Waals surface area contributed by atoms with Gasteiger partial charge in [0, 0.05) is 37.8 Å². The van der Waals surface area contributed by atoms with Crippen molar-refractivity contribution in [3.63, 3.8) is 0 Å². The standard InChI is InChI=1S/C15H24FN3/c1-11-10-19(8-7-18(11)3)15(12(2)17)13-5-4-6-14(16)9-13/h4-6,9,11-12,15H,7-8,10,17H2,1-3H3. The predicted octanol–water partition coefficient (Wildman–Crippen LogP) is 1.85. The van der Waals surface area contributed by atoms with Crippen LogP contribution in [-0.4, -0.2) is 48.6 Å². The number of nitrogens with two attached hydrogens (primary N) is 1. The fourth-order valence-corrected chi connectivity index (χ4v) is 2.87. The van der Waals surface area contributed by atoms with Crippen LogP contribution in [0, 0.1) is 5.82 Å². The predicted molar refractivity (Wildman–Crippen MR) is 76.5 cm³/mol. The largest absolute Gasteiger partial charge is 0.326 e. The van der Waals surface area contributed by atoms with Gasteiger partial charge in [0.05, 0.1) is 0 Å². The molecule has 0 spiro atoms. The summed E-state index contributed by atoms with van der Waals surface area (Å²) in [5.74, 6) is -0.190. The van der Waals surface area contributed by atoms with Crippen molar-refractivity contribution in [2.45, 2.75) is 32.0 Å². The van der Waals surface area contributed by atoms with Gasteiger partial charge < -0.3 is 10.6 Å². The van der Waals surface area contributed by atoms with Gasteiger partial charge >= 0.3 is 0 Å². The molecular formula is C15H24FN3. The van der Waals surface area contributed by atoms with Crippen molar-refractivity contribution in [1.82, 2.24) is 9.80 Å². The number of rotatable bonds is 3. The normalized spacial score (nSPS) is 25.2. The summed E-state index contributed by atoms with van der Waals surface area (Å²) in [6.45, 7) is 7.19. The summed E-state index contributed by atoms with van der Waals surface area (Å²) in [6.07, 6.45) is 0. The Morgan fingerprint density at radius 1 is 1.37 bits per heavy atom. The first-order chi connectivity index (χ1) is 8.99. The van der Waals surface area contributed by atoms with E-state index in [1.54, 1.807) is 12.1 Å². The second-order valence-electron chi connectivity index (χ2n) is 5.68. The van der Waals surface area contributed by atoms with Crippen molar-refractivity contribution < 1.29 is 4.39 Å². The minimum Gasteiger partial charge on any atom is -0.326 e. The molecule has 1 fully saturated rings. The number of hydrogen-bond acceptors (Lipinski definition) is 3. The molecule has 0 bridgehead atoms. The second-order valence-corrected chi connectivity index (χ2v) is 5.68. The molecule has 0 aliphatic carbocycles. The van der Waals surface area contributed by atoms with Crippen molar-refractivity contribution in [2.75, 3.05) is 26.7 Å². The molecule has 106 valence electrons. The number of piperazine rings is 1. The van der Waals surface area contributed by atoms with Crippen molar-refractivity contribution in [3.05, 3.63) is 35.6 Å². The highest BCUT2D eigenvalue weighted by Crippen LogP contribution is 2.26. The Hall–Kier alpha value is -0.970. The van der Waals surface area contributed by atoms with Crippen molar-refractivity contribution in [1.29, 1.82) is 0 Å². The highest BCUT2D eigenvalue weighted by molar-refractivity contribution is 5.22. The lowest BCUT2D eigenvalue weighted by molar-refractivity contribution is 0.0638. The highest BCUT2D eigenvalue weighted by Gasteiger charge is 2.29. The van der Waals surface area contributed by atoms with E-state index in [0.717, 1.165) is 25.2 Å². The van der Waals surface area contributed by atoms with Gasteiger partial charge in [0.1, 0.15) is 5.82 Å². The van der Waals surface area contributed by atoms with Crippen molar-refractivity contribution in [3.8, 4) is 0 Å². The van der Waals surface area contributed by atoms with Crippen LogP contribution in [0.4, 0.5) is 4.39 Å². The maximum atomic E-state index is 13.4. The van der Waals surface area contributed by atoms with Gasteiger partial charge in [-0.2, -0.15) is 0 Å². The lowest BCUT2D eigenvalue weighted by Crippen LogP contribution is -2.53. The maximum absolute atomic E-state index is 13.4. The van der Waals surface area contributed by atoms with Gasteiger partial charge in [0.2, 0.25) is 0 Å². The van der Waals surface area contributed by atoms with Gasteiger partial charge in [-0.25, -0.2) is 4.39 Å². The summed E-state index contributed by atoms with van der Waals surface area (Å²) >= 11 is 0. The Morgan fingerprint density at radius 2 is 2.11 bits per heavy atom. The van der Waals surface area contributed by atoms with Gasteiger partial charge in [-0.15, -0.1) is 0 Å². The summed E-state index contributed by atoms with van der Waals surface area (Å²) in [6, 6.07) is 7.40. The monoisotopic (exact) mass is 265 g/mol. The fourth-order valence-electron chi connectivity index (χ4n) is 2.87. The first-order valence-electron chi connectivity index (χ1n) is 6.94. The summed E-state index contributed by atoms with van der Waals surface area (Å²) < 4.78 is 13.4. The fraction of sp³-hybridized carbons (Fsp3) is 0.600. The second kappa shape index (κ2) is 5.99. The van der Waals surface area contributed by atoms with Crippen LogP contribution in [0.15, 0.2) is 24.3 Å². The number of hydrogen-bond donors (Lipinski definition) is 1. The number of likely N-dealkylation sites (N-methyl/N-ethyl adjacent to an activating group) is 1. The van der Waals surface area contributed by atoms with Gasteiger partial charge in [-0.3, -0.25) is 4.90 Å². The first-order valence-corrected chi connectivity index (χ1v) is 6.94. The van der Waals surface area contributed by atoms with E-state index in [9.17, 15) is 4.39 Å². The number of halogens is 1. The minimum absolute atomic E-state index is 0.0163. The van der Waals surface area contributed by atoms with E-state index in [0.29, 0.717) is 6.04 Å². The lowest BCUT2D eigenvalue weighted by Gasteiger charge is -2.43. The van der Waals surface area contributed by atoms with Crippen LogP contribution in [0.1, 0.15) is 25.5 Å². The Morgan fingerprint density at radius 3 is 2.68 bits per heavy atom. The number of benzene rings is 1. The first kappa shape index (κ1) is 14.4. The molecule has 1 heterocycles. The van der Waals surface area contributed by atoms with E-state index in [-0.39, 0.29) is 17.9 Å². The smallest absolute Gasteiger partial charge is 0.123 e. The van der Waals surface area contributed by atoms with Crippen LogP contribution in [0.2, 0.25) is 0 Å². The summed E-state index contributed by atoms with van der Waals surface area (Å²) in [5, 5.41) is 0. The Labute approximate surface area is 115 Å². The number of nitrogens with zero attached hydrogens (tertiary/aromatic N) is 2. The molecule has 19 heavy (non-hydrogen) atoms. The van der Waals surface area contributed by atoms with Gasteiger partial charge in [-0.1, -0.05) is 12.1 Å². The van der Waals surface area contributed by atoms with Crippen LogP contribution in [-0.2, 0) is 0 Å². The average molecular weight is 265 g/mol. The van der Waals surface area contributed by atoms with Crippen LogP contribution >= 0.6 is 0 Å². The zero-order valence-electron chi connectivity index (χ0n) is 12.0. The third-order valence-corrected chi connectivity index (χ3v) is 4.07. The Balaban J connectivity index is 2.21. The quantitative estimate of drug-likeness (QED) is 0.905. The van der Waals surface area contributed by atoms with Crippen molar-refractivity contribution >= 4 is 0 Å². The molecule has 2 rings (SSSR count). The highest BCUT2D eigenvalue weighted by atomic mass is 19.1. The Bertz CT molecular complexity index is 422. The van der Waals surface area contributed by atoms with E-state index in [1.165, 1.54) is 6.07 Å². The summed E-state index contributed by atoms with van der Waals surface area (Å²) in [7, 11) is 2.14. The molecule has 2 N–H and O–H groups in total. The molecule has 3 nitrogen and oxygen atoms in total. The molecule has 1 aliphatic heterocycles. The SMILES string of the molecule is CC(N)C(c1cccc(F)c1)N1CCN(C)C(C)C1. The van der Waals surface area contributed by atoms with Crippen LogP contribution in [0.3, 0.4) is 0 Å². The minimum atomic E-state index is -0.190. The molecule has 0 amide bonds. The van der Waals surface area contributed by atoms with E-state index >= 15 is 0 Å². The summed E-state index contributed by atoms with van der Waals surface area (Å²) in [5.41, 5.74) is 7.13. The molecule has 1 aromatic rings. The average Bonchev–Trinajstić information content (AvgIpc) is 2.33. The molecule has 1 saturated heterocycles. The van der Waals surface area contributed by atoms with E-state index in [2.05, 4.69) is 23.8 Å². The molecule has 3 unspecified atom stereocenters. The zero-order valence-corrected chi connectivity index (χ0v) is 12.0. The molecule has 0 saturated carbocycles. The van der Waals surface area contributed by atoms with Crippen LogP contribution in [0.25, 0.3) is 0 Å². The topological polar surface area (TPSA) is 32.5 Å². The lowest BCUT2D eigenvalue weighted by atomic mass is 9.97. The van der Waals surface area contributed by atoms with Crippen molar-refractivity contribution in [2.24, 2.45) is 5.73 Å². The molecule has 1 aliphatic rings. The summed E-state index contributed by atoms with van der Waals surface area (Å²) in [4.78, 5) is 4.73. The molecule has 4 heteroatoms. The van der Waals surface area contributed by atoms with Crippen LogP contribution < -0.4 is 5.73 Å². The van der Waals surface area contributed by atoms with E-state index < -0.39 is 0 Å². The zero-order chi connectivity index (χ0) is 14.0. The van der Waals surface area contributed by atoms with E-state index in [1.807, 2.05) is 13.0 Å². The van der Waals surface area contributed by atoms with Gasteiger partial charge in [-0.05, 0) is 38.6 Å². The molecule has 1 aromatic carbocycles. The molecular weight excluding hydrogens is 241 g/mol.